The van der Waals surface area contributed by atoms with Crippen LogP contribution in [-0.4, -0.2) is 48.9 Å². The summed E-state index contributed by atoms with van der Waals surface area (Å²) in [5.74, 6) is 0.301. The number of aryl methyl sites for hydroxylation is 1. The molecule has 7 nitrogen and oxygen atoms in total. The SMILES string of the molecule is CCOc1ccc(NC(=O)C2CCN(C(=O)[C@H]3CC(=O)N(c4ccc(C)cc4)C3)CC2)cc1. The van der Waals surface area contributed by atoms with Crippen molar-refractivity contribution in [3.63, 3.8) is 0 Å². The summed E-state index contributed by atoms with van der Waals surface area (Å²) in [7, 11) is 0. The first-order valence-electron chi connectivity index (χ1n) is 11.6. The smallest absolute Gasteiger partial charge is 0.228 e. The van der Waals surface area contributed by atoms with Gasteiger partial charge in [0.1, 0.15) is 5.75 Å². The molecule has 3 amide bonds. The van der Waals surface area contributed by atoms with Crippen LogP contribution in [0.25, 0.3) is 0 Å². The molecule has 174 valence electrons. The second-order valence-electron chi connectivity index (χ2n) is 8.79. The highest BCUT2D eigenvalue weighted by Crippen LogP contribution is 2.28. The van der Waals surface area contributed by atoms with Gasteiger partial charge in [0.15, 0.2) is 0 Å². The van der Waals surface area contributed by atoms with Crippen LogP contribution in [0.4, 0.5) is 11.4 Å². The average Bonchev–Trinajstić information content (AvgIpc) is 3.22. The lowest BCUT2D eigenvalue weighted by molar-refractivity contribution is -0.138. The summed E-state index contributed by atoms with van der Waals surface area (Å²) in [6.07, 6.45) is 1.48. The number of ether oxygens (including phenoxy) is 1. The fraction of sp³-hybridized carbons (Fsp3) is 0.423. The predicted molar refractivity (Wildman–Crippen MR) is 127 cm³/mol. The maximum atomic E-state index is 13.1. The topological polar surface area (TPSA) is 79.0 Å². The highest BCUT2D eigenvalue weighted by atomic mass is 16.5. The van der Waals surface area contributed by atoms with Crippen molar-refractivity contribution in [1.82, 2.24) is 4.90 Å². The van der Waals surface area contributed by atoms with Crippen LogP contribution < -0.4 is 15.0 Å². The van der Waals surface area contributed by atoms with Crippen molar-refractivity contribution in [3.8, 4) is 5.75 Å². The van der Waals surface area contributed by atoms with E-state index in [4.69, 9.17) is 4.74 Å². The van der Waals surface area contributed by atoms with Gasteiger partial charge in [-0.1, -0.05) is 17.7 Å². The van der Waals surface area contributed by atoms with Crippen molar-refractivity contribution < 1.29 is 19.1 Å². The fourth-order valence-electron chi connectivity index (χ4n) is 4.51. The van der Waals surface area contributed by atoms with E-state index in [1.165, 1.54) is 0 Å². The molecule has 7 heteroatoms. The Morgan fingerprint density at radius 2 is 1.67 bits per heavy atom. The third-order valence-electron chi connectivity index (χ3n) is 6.43. The molecule has 2 aromatic rings. The molecule has 2 aromatic carbocycles. The molecule has 33 heavy (non-hydrogen) atoms. The standard InChI is InChI=1S/C26H31N3O4/c1-3-33-23-10-6-21(7-11-23)27-25(31)19-12-14-28(15-13-19)26(32)20-16-24(30)29(17-20)22-8-4-18(2)5-9-22/h4-11,19-20H,3,12-17H2,1-2H3,(H,27,31)/t20-/m0/s1. The second kappa shape index (κ2) is 10.1. The average molecular weight is 450 g/mol. The lowest BCUT2D eigenvalue weighted by atomic mass is 9.94. The highest BCUT2D eigenvalue weighted by Gasteiger charge is 2.38. The van der Waals surface area contributed by atoms with Crippen LogP contribution in [0.2, 0.25) is 0 Å². The Balaban J connectivity index is 1.27. The Morgan fingerprint density at radius 1 is 1.00 bits per heavy atom. The van der Waals surface area contributed by atoms with E-state index in [9.17, 15) is 14.4 Å². The fourth-order valence-corrected chi connectivity index (χ4v) is 4.51. The summed E-state index contributed by atoms with van der Waals surface area (Å²) in [6.45, 7) is 6.02. The largest absolute Gasteiger partial charge is 0.494 e. The zero-order valence-corrected chi connectivity index (χ0v) is 19.3. The van der Waals surface area contributed by atoms with E-state index in [1.807, 2.05) is 67.3 Å². The number of carbonyl (C=O) groups is 3. The van der Waals surface area contributed by atoms with Gasteiger partial charge in [0.25, 0.3) is 0 Å². The molecule has 2 fully saturated rings. The van der Waals surface area contributed by atoms with Crippen molar-refractivity contribution in [2.75, 3.05) is 36.5 Å². The minimum atomic E-state index is -0.326. The number of benzene rings is 2. The van der Waals surface area contributed by atoms with Crippen LogP contribution in [-0.2, 0) is 14.4 Å². The molecule has 2 aliphatic rings. The van der Waals surface area contributed by atoms with Gasteiger partial charge in [0.2, 0.25) is 17.7 Å². The molecule has 0 radical (unpaired) electrons. The van der Waals surface area contributed by atoms with Gasteiger partial charge in [-0.2, -0.15) is 0 Å². The highest BCUT2D eigenvalue weighted by molar-refractivity contribution is 6.00. The van der Waals surface area contributed by atoms with Gasteiger partial charge in [-0.05, 0) is 63.1 Å². The number of hydrogen-bond acceptors (Lipinski definition) is 4. The second-order valence-corrected chi connectivity index (χ2v) is 8.79. The van der Waals surface area contributed by atoms with E-state index in [-0.39, 0.29) is 36.0 Å². The van der Waals surface area contributed by atoms with E-state index in [0.717, 1.165) is 22.7 Å². The Morgan fingerprint density at radius 3 is 2.30 bits per heavy atom. The quantitative estimate of drug-likeness (QED) is 0.731. The molecular formula is C26H31N3O4. The van der Waals surface area contributed by atoms with Crippen molar-refractivity contribution >= 4 is 29.1 Å². The Hall–Kier alpha value is -3.35. The minimum absolute atomic E-state index is 0.0122. The summed E-state index contributed by atoms with van der Waals surface area (Å²) >= 11 is 0. The summed E-state index contributed by atoms with van der Waals surface area (Å²) in [5.41, 5.74) is 2.71. The first-order valence-corrected chi connectivity index (χ1v) is 11.6. The van der Waals surface area contributed by atoms with Gasteiger partial charge in [-0.15, -0.1) is 0 Å². The number of nitrogens with zero attached hydrogens (tertiary/aromatic N) is 2. The van der Waals surface area contributed by atoms with Crippen LogP contribution in [0.3, 0.4) is 0 Å². The monoisotopic (exact) mass is 449 g/mol. The maximum Gasteiger partial charge on any atom is 0.228 e. The number of nitrogens with one attached hydrogen (secondary N) is 1. The van der Waals surface area contributed by atoms with Crippen molar-refractivity contribution in [2.45, 2.75) is 33.1 Å². The zero-order valence-electron chi connectivity index (χ0n) is 19.3. The van der Waals surface area contributed by atoms with E-state index in [1.54, 1.807) is 4.90 Å². The molecule has 0 aliphatic carbocycles. The van der Waals surface area contributed by atoms with Crippen LogP contribution in [0, 0.1) is 18.8 Å². The van der Waals surface area contributed by atoms with Crippen molar-refractivity contribution in [1.29, 1.82) is 0 Å². The van der Waals surface area contributed by atoms with Crippen molar-refractivity contribution in [3.05, 3.63) is 54.1 Å². The lowest BCUT2D eigenvalue weighted by Crippen LogP contribution is -2.44. The molecule has 0 unspecified atom stereocenters. The van der Waals surface area contributed by atoms with Gasteiger partial charge in [0.05, 0.1) is 12.5 Å². The molecule has 4 rings (SSSR count). The Labute approximate surface area is 194 Å². The first-order chi connectivity index (χ1) is 15.9. The van der Waals surface area contributed by atoms with Gasteiger partial charge in [0, 0.05) is 43.3 Å². The van der Waals surface area contributed by atoms with Crippen LogP contribution >= 0.6 is 0 Å². The minimum Gasteiger partial charge on any atom is -0.494 e. The molecule has 1 N–H and O–H groups in total. The van der Waals surface area contributed by atoms with Gasteiger partial charge in [-0.25, -0.2) is 0 Å². The number of carbonyl (C=O) groups excluding carboxylic acids is 3. The predicted octanol–water partition coefficient (Wildman–Crippen LogP) is 3.62. The molecular weight excluding hydrogens is 418 g/mol. The Bertz CT molecular complexity index is 995. The zero-order chi connectivity index (χ0) is 23.4. The molecule has 1 atom stereocenters. The number of anilines is 2. The molecule has 2 heterocycles. The van der Waals surface area contributed by atoms with E-state index in [2.05, 4.69) is 5.32 Å². The summed E-state index contributed by atoms with van der Waals surface area (Å²) in [5, 5.41) is 2.96. The van der Waals surface area contributed by atoms with E-state index in [0.29, 0.717) is 39.1 Å². The number of amides is 3. The van der Waals surface area contributed by atoms with Crippen LogP contribution in [0.1, 0.15) is 31.7 Å². The molecule has 0 spiro atoms. The third-order valence-corrected chi connectivity index (χ3v) is 6.43. The van der Waals surface area contributed by atoms with Crippen molar-refractivity contribution in [2.24, 2.45) is 11.8 Å². The first kappa shape index (κ1) is 22.8. The van der Waals surface area contributed by atoms with E-state index >= 15 is 0 Å². The van der Waals surface area contributed by atoms with Crippen LogP contribution in [0.15, 0.2) is 48.5 Å². The summed E-state index contributed by atoms with van der Waals surface area (Å²) in [6, 6.07) is 15.1. The third kappa shape index (κ3) is 5.35. The number of hydrogen-bond donors (Lipinski definition) is 1. The molecule has 0 saturated carbocycles. The maximum absolute atomic E-state index is 13.1. The normalized spacial score (nSPS) is 19.0. The molecule has 2 saturated heterocycles. The summed E-state index contributed by atoms with van der Waals surface area (Å²) < 4.78 is 5.43. The van der Waals surface area contributed by atoms with Crippen LogP contribution in [0.5, 0.6) is 5.75 Å². The number of rotatable bonds is 6. The van der Waals surface area contributed by atoms with Gasteiger partial charge < -0.3 is 19.9 Å². The lowest BCUT2D eigenvalue weighted by Gasteiger charge is -2.33. The molecule has 0 bridgehead atoms. The van der Waals surface area contributed by atoms with Gasteiger partial charge >= 0.3 is 0 Å². The summed E-state index contributed by atoms with van der Waals surface area (Å²) in [4.78, 5) is 41.8. The Kier molecular flexibility index (Phi) is 6.96. The molecule has 2 aliphatic heterocycles. The molecule has 0 aromatic heterocycles. The van der Waals surface area contributed by atoms with E-state index < -0.39 is 0 Å². The number of likely N-dealkylation sites (tertiary alicyclic amines) is 1. The number of piperidine rings is 1. The van der Waals surface area contributed by atoms with Gasteiger partial charge in [-0.3, -0.25) is 14.4 Å².